The van der Waals surface area contributed by atoms with Gasteiger partial charge in [0.25, 0.3) is 0 Å². The normalized spacial score (nSPS) is 13.7. The van der Waals surface area contributed by atoms with E-state index >= 15 is 0 Å². The minimum atomic E-state index is -1.43. The van der Waals surface area contributed by atoms with Crippen LogP contribution in [-0.4, -0.2) is 85.2 Å². The molecule has 248 valence electrons. The van der Waals surface area contributed by atoms with Crippen molar-refractivity contribution in [3.8, 4) is 0 Å². The molecule has 0 aromatic heterocycles. The molecule has 9 N–H and O–H groups in total. The molecular weight excluding hydrogens is 568 g/mol. The van der Waals surface area contributed by atoms with Crippen LogP contribution in [0, 0.1) is 5.92 Å². The van der Waals surface area contributed by atoms with Gasteiger partial charge in [-0.2, -0.15) is 0 Å². The second kappa shape index (κ2) is 22.0. The Morgan fingerprint density at radius 3 is 2.02 bits per heavy atom. The number of ether oxygens (including phenoxy) is 1. The van der Waals surface area contributed by atoms with Crippen LogP contribution >= 0.6 is 0 Å². The van der Waals surface area contributed by atoms with E-state index in [0.717, 1.165) is 31.2 Å². The maximum Gasteiger partial charge on any atom is 0.305 e. The third-order valence-corrected chi connectivity index (χ3v) is 6.85. The van der Waals surface area contributed by atoms with Gasteiger partial charge in [-0.05, 0) is 24.3 Å². The number of nitrogens with two attached hydrogens (primary N) is 2. The van der Waals surface area contributed by atoms with E-state index in [-0.39, 0.29) is 31.3 Å². The van der Waals surface area contributed by atoms with E-state index in [1.807, 2.05) is 44.2 Å². The number of amides is 4. The average Bonchev–Trinajstić information content (AvgIpc) is 3.00. The zero-order valence-electron chi connectivity index (χ0n) is 26.3. The number of rotatable bonds is 22. The van der Waals surface area contributed by atoms with Gasteiger partial charge in [-0.3, -0.25) is 24.0 Å². The minimum absolute atomic E-state index is 0.140. The fourth-order valence-corrected chi connectivity index (χ4v) is 4.44. The molecule has 0 unspecified atom stereocenters. The van der Waals surface area contributed by atoms with Crippen molar-refractivity contribution in [3.63, 3.8) is 0 Å². The Morgan fingerprint density at radius 1 is 0.818 bits per heavy atom. The molecule has 0 spiro atoms. The Bertz CT molecular complexity index is 1020. The number of carbonyl (C=O) groups is 5. The van der Waals surface area contributed by atoms with Gasteiger partial charge in [0.05, 0.1) is 13.2 Å². The van der Waals surface area contributed by atoms with Crippen LogP contribution in [0.5, 0.6) is 0 Å². The van der Waals surface area contributed by atoms with Crippen LogP contribution in [0.4, 0.5) is 0 Å². The van der Waals surface area contributed by atoms with E-state index in [1.54, 1.807) is 0 Å². The van der Waals surface area contributed by atoms with Crippen LogP contribution < -0.4 is 32.7 Å². The molecule has 1 aromatic rings. The number of carbonyl (C=O) groups excluding carboxylic acids is 5. The Labute approximate surface area is 260 Å². The molecule has 0 fully saturated rings. The van der Waals surface area contributed by atoms with Crippen LogP contribution in [0.25, 0.3) is 0 Å². The molecule has 4 atom stereocenters. The lowest BCUT2D eigenvalue weighted by Crippen LogP contribution is -2.60. The summed E-state index contributed by atoms with van der Waals surface area (Å²) >= 11 is 0. The van der Waals surface area contributed by atoms with Gasteiger partial charge in [-0.1, -0.05) is 76.8 Å². The third kappa shape index (κ3) is 15.8. The van der Waals surface area contributed by atoms with E-state index in [4.69, 9.17) is 16.2 Å². The lowest BCUT2D eigenvalue weighted by atomic mass is 10.0. The highest BCUT2D eigenvalue weighted by molar-refractivity contribution is 5.94. The summed E-state index contributed by atoms with van der Waals surface area (Å²) in [5.41, 5.74) is 12.0. The fourth-order valence-electron chi connectivity index (χ4n) is 4.44. The molecule has 0 saturated carbocycles. The van der Waals surface area contributed by atoms with Crippen LogP contribution in [0.3, 0.4) is 0 Å². The van der Waals surface area contributed by atoms with Gasteiger partial charge < -0.3 is 42.6 Å². The molecule has 0 aliphatic rings. The topological polar surface area (TPSA) is 215 Å². The van der Waals surface area contributed by atoms with E-state index in [0.29, 0.717) is 12.8 Å². The fraction of sp³-hybridized carbons (Fsp3) is 0.645. The van der Waals surface area contributed by atoms with Gasteiger partial charge in [0, 0.05) is 25.4 Å². The number of hydrogen-bond donors (Lipinski definition) is 7. The summed E-state index contributed by atoms with van der Waals surface area (Å²) in [6, 6.07) is 4.88. The first kappa shape index (κ1) is 38.5. The van der Waals surface area contributed by atoms with Gasteiger partial charge >= 0.3 is 5.97 Å². The van der Waals surface area contributed by atoms with Gasteiger partial charge in [-0.25, -0.2) is 0 Å². The summed E-state index contributed by atoms with van der Waals surface area (Å²) in [4.78, 5) is 64.0. The standard InChI is InChI=1S/C31H52N6O7/c1-4-5-6-7-11-14-28(40)44-20-26(37-30(42)25(19-38)35-27(39)18-33)31(43)36-24(16-22-12-9-8-10-13-22)29(41)34-23(17-32)15-21(2)3/h8-10,12-13,21,23-26,38H,4-7,11,14-20,32-33H2,1-3H3,(H,34,41)(H,35,39)(H,36,43)(H,37,42)/t23-,24-,25-,26-/m0/s1. The average molecular weight is 621 g/mol. The van der Waals surface area contributed by atoms with Crippen molar-refractivity contribution >= 4 is 29.6 Å². The first-order valence-electron chi connectivity index (χ1n) is 15.4. The molecule has 4 amide bonds. The van der Waals surface area contributed by atoms with Crippen LogP contribution in [0.2, 0.25) is 0 Å². The van der Waals surface area contributed by atoms with Crippen molar-refractivity contribution in [2.75, 3.05) is 26.3 Å². The SMILES string of the molecule is CCCCCCCC(=O)OC[C@H](NC(=O)[C@H](CO)NC(=O)CN)C(=O)N[C@@H](Cc1ccccc1)C(=O)N[C@H](CN)CC(C)C. The van der Waals surface area contributed by atoms with Gasteiger partial charge in [0.15, 0.2) is 0 Å². The van der Waals surface area contributed by atoms with Crippen molar-refractivity contribution in [1.29, 1.82) is 0 Å². The van der Waals surface area contributed by atoms with E-state index < -0.39 is 67.5 Å². The predicted molar refractivity (Wildman–Crippen MR) is 167 cm³/mol. The molecule has 0 saturated heterocycles. The third-order valence-electron chi connectivity index (χ3n) is 6.85. The van der Waals surface area contributed by atoms with Crippen molar-refractivity contribution in [2.24, 2.45) is 17.4 Å². The number of aliphatic hydroxyl groups is 1. The summed E-state index contributed by atoms with van der Waals surface area (Å²) in [6.45, 7) is 4.61. The Hall–Kier alpha value is -3.55. The second-order valence-electron chi connectivity index (χ2n) is 11.2. The van der Waals surface area contributed by atoms with Crippen LogP contribution in [0.1, 0.15) is 71.3 Å². The monoisotopic (exact) mass is 620 g/mol. The molecule has 0 radical (unpaired) electrons. The molecule has 0 aliphatic carbocycles. The lowest BCUT2D eigenvalue weighted by molar-refractivity contribution is -0.147. The minimum Gasteiger partial charge on any atom is -0.463 e. The number of nitrogens with one attached hydrogen (secondary N) is 4. The number of aliphatic hydroxyl groups excluding tert-OH is 1. The Morgan fingerprint density at radius 2 is 1.43 bits per heavy atom. The Balaban J connectivity index is 3.14. The maximum absolute atomic E-state index is 13.6. The Kier molecular flexibility index (Phi) is 19.3. The summed E-state index contributed by atoms with van der Waals surface area (Å²) in [7, 11) is 0. The molecule has 13 nitrogen and oxygen atoms in total. The van der Waals surface area contributed by atoms with Crippen molar-refractivity contribution in [3.05, 3.63) is 35.9 Å². The highest BCUT2D eigenvalue weighted by Gasteiger charge is 2.31. The molecule has 44 heavy (non-hydrogen) atoms. The largest absolute Gasteiger partial charge is 0.463 e. The first-order chi connectivity index (χ1) is 21.0. The van der Waals surface area contributed by atoms with Gasteiger partial charge in [-0.15, -0.1) is 0 Å². The van der Waals surface area contributed by atoms with Crippen molar-refractivity contribution < 1.29 is 33.8 Å². The van der Waals surface area contributed by atoms with E-state index in [2.05, 4.69) is 28.2 Å². The van der Waals surface area contributed by atoms with Crippen molar-refractivity contribution in [1.82, 2.24) is 21.3 Å². The number of benzene rings is 1. The van der Waals surface area contributed by atoms with Crippen LogP contribution in [-0.2, 0) is 35.1 Å². The molecule has 1 aromatic carbocycles. The number of unbranched alkanes of at least 4 members (excludes halogenated alkanes) is 4. The van der Waals surface area contributed by atoms with E-state index in [1.165, 1.54) is 0 Å². The van der Waals surface area contributed by atoms with Gasteiger partial charge in [0.2, 0.25) is 23.6 Å². The van der Waals surface area contributed by atoms with E-state index in [9.17, 15) is 29.1 Å². The summed E-state index contributed by atoms with van der Waals surface area (Å²) in [5, 5.41) is 19.9. The highest BCUT2D eigenvalue weighted by Crippen LogP contribution is 2.09. The number of hydrogen-bond acceptors (Lipinski definition) is 9. The quantitative estimate of drug-likeness (QED) is 0.0686. The molecule has 13 heteroatoms. The summed E-state index contributed by atoms with van der Waals surface area (Å²) in [6.07, 6.45) is 5.53. The summed E-state index contributed by atoms with van der Waals surface area (Å²) < 4.78 is 5.33. The molecule has 0 aliphatic heterocycles. The highest BCUT2D eigenvalue weighted by atomic mass is 16.5. The van der Waals surface area contributed by atoms with Crippen molar-refractivity contribution in [2.45, 2.75) is 96.3 Å². The molecular formula is C31H52N6O7. The maximum atomic E-state index is 13.6. The van der Waals surface area contributed by atoms with Gasteiger partial charge in [0.1, 0.15) is 24.7 Å². The zero-order valence-corrected chi connectivity index (χ0v) is 26.3. The second-order valence-corrected chi connectivity index (χ2v) is 11.2. The first-order valence-corrected chi connectivity index (χ1v) is 15.4. The zero-order chi connectivity index (χ0) is 32.9. The molecule has 0 heterocycles. The lowest BCUT2D eigenvalue weighted by Gasteiger charge is -2.26. The molecule has 1 rings (SSSR count). The molecule has 0 bridgehead atoms. The summed E-state index contributed by atoms with van der Waals surface area (Å²) in [5.74, 6) is -3.11. The predicted octanol–water partition coefficient (Wildman–Crippen LogP) is 0.0278. The number of esters is 1. The smallest absolute Gasteiger partial charge is 0.305 e. The van der Waals surface area contributed by atoms with Crippen LogP contribution in [0.15, 0.2) is 30.3 Å².